The van der Waals surface area contributed by atoms with Crippen molar-refractivity contribution in [3.05, 3.63) is 30.6 Å². The van der Waals surface area contributed by atoms with E-state index in [9.17, 15) is 0 Å². The molecule has 1 aliphatic carbocycles. The molecule has 0 radical (unpaired) electrons. The smallest absolute Gasteiger partial charge is 0.134 e. The fourth-order valence-electron chi connectivity index (χ4n) is 1.81. The van der Waals surface area contributed by atoms with Gasteiger partial charge in [0.1, 0.15) is 11.3 Å². The van der Waals surface area contributed by atoms with Gasteiger partial charge in [0.2, 0.25) is 0 Å². The zero-order valence-electron chi connectivity index (χ0n) is 8.33. The zero-order valence-corrected chi connectivity index (χ0v) is 8.33. The van der Waals surface area contributed by atoms with Gasteiger partial charge in [-0.2, -0.15) is 5.10 Å². The molecule has 0 unspecified atom stereocenters. The van der Waals surface area contributed by atoms with Gasteiger partial charge in [0.25, 0.3) is 0 Å². The molecule has 2 aromatic rings. The molecule has 3 rings (SSSR count). The van der Waals surface area contributed by atoms with Gasteiger partial charge >= 0.3 is 0 Å². The lowest BCUT2D eigenvalue weighted by atomic mass is 10.1. The largest absolute Gasteiger partial charge is 0.347 e. The summed E-state index contributed by atoms with van der Waals surface area (Å²) in [4.78, 5) is 4.51. The predicted molar refractivity (Wildman–Crippen MR) is 59.7 cm³/mol. The van der Waals surface area contributed by atoms with E-state index in [1.54, 1.807) is 12.4 Å². The van der Waals surface area contributed by atoms with Gasteiger partial charge in [-0.1, -0.05) is 6.58 Å². The molecule has 0 spiro atoms. The highest BCUT2D eigenvalue weighted by Crippen LogP contribution is 2.43. The maximum Gasteiger partial charge on any atom is 0.134 e. The lowest BCUT2D eigenvalue weighted by Crippen LogP contribution is -1.96. The first kappa shape index (κ1) is 8.47. The molecule has 76 valence electrons. The van der Waals surface area contributed by atoms with E-state index in [-0.39, 0.29) is 0 Å². The number of H-pyrrole nitrogens is 1. The Labute approximate surface area is 87.4 Å². The fraction of sp³-hybridized carbons (Fsp3) is 0.273. The number of nitrogens with zero attached hydrogens (tertiary/aromatic N) is 2. The monoisotopic (exact) mass is 200 g/mol. The molecule has 1 fully saturated rings. The van der Waals surface area contributed by atoms with E-state index < -0.39 is 0 Å². The van der Waals surface area contributed by atoms with Gasteiger partial charge in [0, 0.05) is 5.56 Å². The second kappa shape index (κ2) is 3.08. The van der Waals surface area contributed by atoms with Crippen LogP contribution in [0.4, 0.5) is 5.82 Å². The number of aromatic nitrogens is 3. The second-order valence-electron chi connectivity index (χ2n) is 3.85. The van der Waals surface area contributed by atoms with Crippen LogP contribution in [0.5, 0.6) is 0 Å². The van der Waals surface area contributed by atoms with Crippen LogP contribution in [0.3, 0.4) is 0 Å². The first-order valence-corrected chi connectivity index (χ1v) is 5.10. The van der Waals surface area contributed by atoms with Gasteiger partial charge in [0.15, 0.2) is 0 Å². The summed E-state index contributed by atoms with van der Waals surface area (Å²) in [5.41, 5.74) is 3.17. The number of anilines is 1. The molecule has 2 N–H and O–H groups in total. The third-order valence-corrected chi connectivity index (χ3v) is 2.71. The lowest BCUT2D eigenvalue weighted by Gasteiger charge is -2.06. The minimum absolute atomic E-state index is 0.660. The van der Waals surface area contributed by atoms with E-state index in [1.807, 2.05) is 0 Å². The van der Waals surface area contributed by atoms with Crippen LogP contribution in [0.15, 0.2) is 25.0 Å². The van der Waals surface area contributed by atoms with E-state index in [2.05, 4.69) is 33.1 Å². The van der Waals surface area contributed by atoms with E-state index >= 15 is 0 Å². The van der Waals surface area contributed by atoms with Gasteiger partial charge < -0.3 is 5.32 Å². The van der Waals surface area contributed by atoms with Crippen LogP contribution in [0, 0.1) is 0 Å². The van der Waals surface area contributed by atoms with Crippen LogP contribution >= 0.6 is 0 Å². The third kappa shape index (κ3) is 1.38. The van der Waals surface area contributed by atoms with Crippen molar-refractivity contribution in [3.63, 3.8) is 0 Å². The Hall–Kier alpha value is -1.84. The van der Waals surface area contributed by atoms with Gasteiger partial charge in [0.05, 0.1) is 11.7 Å². The Morgan fingerprint density at radius 1 is 1.53 bits per heavy atom. The number of fused-ring (bicyclic) bond motifs is 1. The Kier molecular flexibility index (Phi) is 1.74. The van der Waals surface area contributed by atoms with E-state index in [0.717, 1.165) is 16.9 Å². The molecule has 0 aromatic carbocycles. The highest BCUT2D eigenvalue weighted by atomic mass is 15.1. The summed E-state index contributed by atoms with van der Waals surface area (Å²) in [6, 6.07) is 2.14. The summed E-state index contributed by atoms with van der Waals surface area (Å²) in [6.07, 6.45) is 5.92. The molecule has 1 aliphatic rings. The summed E-state index contributed by atoms with van der Waals surface area (Å²) >= 11 is 0. The highest BCUT2D eigenvalue weighted by Gasteiger charge is 2.27. The highest BCUT2D eigenvalue weighted by molar-refractivity contribution is 5.77. The van der Waals surface area contributed by atoms with E-state index in [4.69, 9.17) is 0 Å². The standard InChI is InChI=1S/C11H12N4/c1-2-12-11-8(7-3-4-7)5-9-10(14-11)6-13-15-9/h2,5-7H,1,3-4H2,(H,12,14)(H,13,15). The van der Waals surface area contributed by atoms with E-state index in [1.165, 1.54) is 18.4 Å². The minimum Gasteiger partial charge on any atom is -0.347 e. The molecule has 2 aromatic heterocycles. The molecule has 0 atom stereocenters. The van der Waals surface area contributed by atoms with Gasteiger partial charge in [-0.15, -0.1) is 0 Å². The number of aromatic amines is 1. The Bertz CT molecular complexity index is 510. The predicted octanol–water partition coefficient (Wildman–Crippen LogP) is 2.39. The third-order valence-electron chi connectivity index (χ3n) is 2.71. The van der Waals surface area contributed by atoms with Gasteiger partial charge in [-0.25, -0.2) is 4.98 Å². The van der Waals surface area contributed by atoms with Crippen LogP contribution in [0.1, 0.15) is 24.3 Å². The van der Waals surface area contributed by atoms with Crippen molar-refractivity contribution in [2.75, 3.05) is 5.32 Å². The first-order chi connectivity index (χ1) is 7.38. The molecular formula is C11H12N4. The maximum atomic E-state index is 4.51. The topological polar surface area (TPSA) is 53.6 Å². The molecule has 15 heavy (non-hydrogen) atoms. The summed E-state index contributed by atoms with van der Waals surface area (Å²) in [7, 11) is 0. The molecule has 2 heterocycles. The Morgan fingerprint density at radius 2 is 2.40 bits per heavy atom. The first-order valence-electron chi connectivity index (χ1n) is 5.10. The molecule has 1 saturated carbocycles. The molecule has 0 saturated heterocycles. The fourth-order valence-corrected chi connectivity index (χ4v) is 1.81. The van der Waals surface area contributed by atoms with Crippen LogP contribution in [-0.2, 0) is 0 Å². The quantitative estimate of drug-likeness (QED) is 0.799. The summed E-state index contributed by atoms with van der Waals surface area (Å²) in [5, 5.41) is 10.0. The average Bonchev–Trinajstić information content (AvgIpc) is 2.98. The van der Waals surface area contributed by atoms with Crippen molar-refractivity contribution < 1.29 is 0 Å². The van der Waals surface area contributed by atoms with Crippen LogP contribution in [-0.4, -0.2) is 15.2 Å². The molecule has 4 nitrogen and oxygen atoms in total. The SMILES string of the molecule is C=CNc1nc2cn[nH]c2cc1C1CC1. The number of nitrogens with one attached hydrogen (secondary N) is 2. The van der Waals surface area contributed by atoms with Gasteiger partial charge in [-0.05, 0) is 31.0 Å². The average molecular weight is 200 g/mol. The molecule has 0 amide bonds. The summed E-state index contributed by atoms with van der Waals surface area (Å²) < 4.78 is 0. The number of hydrogen-bond acceptors (Lipinski definition) is 3. The van der Waals surface area contributed by atoms with Crippen molar-refractivity contribution in [2.24, 2.45) is 0 Å². The van der Waals surface area contributed by atoms with Crippen molar-refractivity contribution in [1.29, 1.82) is 0 Å². The zero-order chi connectivity index (χ0) is 10.3. The normalized spacial score (nSPS) is 15.5. The Balaban J connectivity index is 2.18. The molecular weight excluding hydrogens is 188 g/mol. The molecule has 0 bridgehead atoms. The minimum atomic E-state index is 0.660. The van der Waals surface area contributed by atoms with Crippen LogP contribution in [0.2, 0.25) is 0 Å². The van der Waals surface area contributed by atoms with Crippen molar-refractivity contribution in [2.45, 2.75) is 18.8 Å². The van der Waals surface area contributed by atoms with Crippen LogP contribution in [0.25, 0.3) is 11.0 Å². The number of hydrogen-bond donors (Lipinski definition) is 2. The molecule has 0 aliphatic heterocycles. The molecule has 4 heteroatoms. The lowest BCUT2D eigenvalue weighted by molar-refractivity contribution is 1.10. The van der Waals surface area contributed by atoms with Gasteiger partial charge in [-0.3, -0.25) is 5.10 Å². The van der Waals surface area contributed by atoms with Crippen molar-refractivity contribution in [3.8, 4) is 0 Å². The van der Waals surface area contributed by atoms with Crippen LogP contribution < -0.4 is 5.32 Å². The number of pyridine rings is 1. The Morgan fingerprint density at radius 3 is 3.13 bits per heavy atom. The summed E-state index contributed by atoms with van der Waals surface area (Å²) in [5.74, 6) is 1.58. The van der Waals surface area contributed by atoms with Crippen molar-refractivity contribution >= 4 is 16.9 Å². The van der Waals surface area contributed by atoms with Crippen molar-refractivity contribution in [1.82, 2.24) is 15.2 Å². The van der Waals surface area contributed by atoms with E-state index in [0.29, 0.717) is 5.92 Å². The summed E-state index contributed by atoms with van der Waals surface area (Å²) in [6.45, 7) is 3.67. The maximum absolute atomic E-state index is 4.51. The second-order valence-corrected chi connectivity index (χ2v) is 3.85. The number of rotatable bonds is 3.